The van der Waals surface area contributed by atoms with E-state index in [0.29, 0.717) is 16.9 Å². The van der Waals surface area contributed by atoms with Crippen LogP contribution in [0.25, 0.3) is 11.4 Å². The number of benzene rings is 2. The average Bonchev–Trinajstić information content (AvgIpc) is 3.16. The first kappa shape index (κ1) is 19.9. The van der Waals surface area contributed by atoms with Gasteiger partial charge < -0.3 is 10.1 Å². The second-order valence-electron chi connectivity index (χ2n) is 6.69. The van der Waals surface area contributed by atoms with Gasteiger partial charge in [0.25, 0.3) is 0 Å². The van der Waals surface area contributed by atoms with E-state index in [-0.39, 0.29) is 11.2 Å². The van der Waals surface area contributed by atoms with Crippen LogP contribution in [-0.4, -0.2) is 33.4 Å². The number of aromatic nitrogens is 3. The summed E-state index contributed by atoms with van der Waals surface area (Å²) in [6.07, 6.45) is 0. The number of H-pyrrole nitrogens is 1. The van der Waals surface area contributed by atoms with Gasteiger partial charge in [-0.2, -0.15) is 0 Å². The van der Waals surface area contributed by atoms with Gasteiger partial charge in [0.15, 0.2) is 5.82 Å². The van der Waals surface area contributed by atoms with Crippen LogP contribution in [0.5, 0.6) is 5.75 Å². The van der Waals surface area contributed by atoms with Gasteiger partial charge in [0.2, 0.25) is 11.1 Å². The summed E-state index contributed by atoms with van der Waals surface area (Å²) in [5.41, 5.74) is 2.87. The van der Waals surface area contributed by atoms with Crippen molar-refractivity contribution in [2.75, 3.05) is 12.4 Å². The van der Waals surface area contributed by atoms with Gasteiger partial charge in [-0.05, 0) is 48.7 Å². The molecule has 0 aliphatic rings. The number of ether oxygens (including phenoxy) is 1. The van der Waals surface area contributed by atoms with Gasteiger partial charge in [-0.25, -0.2) is 4.98 Å². The molecule has 1 amide bonds. The van der Waals surface area contributed by atoms with E-state index >= 15 is 0 Å². The first-order valence-electron chi connectivity index (χ1n) is 9.11. The number of methoxy groups -OCH3 is 1. The van der Waals surface area contributed by atoms with Crippen LogP contribution in [0.3, 0.4) is 0 Å². The number of rotatable bonds is 7. The lowest BCUT2D eigenvalue weighted by Gasteiger charge is -2.15. The van der Waals surface area contributed by atoms with Gasteiger partial charge in [-0.1, -0.05) is 43.8 Å². The molecule has 1 aromatic heterocycles. The monoisotopic (exact) mass is 396 g/mol. The number of hydrogen-bond acceptors (Lipinski definition) is 5. The van der Waals surface area contributed by atoms with Crippen molar-refractivity contribution >= 4 is 23.4 Å². The third-order valence-corrected chi connectivity index (χ3v) is 5.28. The molecular weight excluding hydrogens is 372 g/mol. The molecular formula is C21H24N4O2S. The molecule has 0 aliphatic carbocycles. The number of anilines is 1. The van der Waals surface area contributed by atoms with Gasteiger partial charge in [0, 0.05) is 11.3 Å². The fourth-order valence-electron chi connectivity index (χ4n) is 2.74. The van der Waals surface area contributed by atoms with Crippen LogP contribution >= 0.6 is 11.8 Å². The van der Waals surface area contributed by atoms with E-state index in [2.05, 4.69) is 34.3 Å². The lowest BCUT2D eigenvalue weighted by molar-refractivity contribution is -0.115. The third-order valence-electron chi connectivity index (χ3n) is 4.32. The van der Waals surface area contributed by atoms with Crippen molar-refractivity contribution in [3.8, 4) is 17.1 Å². The number of thioether (sulfide) groups is 1. The van der Waals surface area contributed by atoms with Crippen LogP contribution in [-0.2, 0) is 4.79 Å². The van der Waals surface area contributed by atoms with Gasteiger partial charge in [0.05, 0.1) is 12.4 Å². The van der Waals surface area contributed by atoms with Crippen molar-refractivity contribution in [1.29, 1.82) is 0 Å². The molecule has 1 heterocycles. The Hall–Kier alpha value is -2.80. The minimum atomic E-state index is -0.334. The molecule has 0 saturated carbocycles. The molecule has 28 heavy (non-hydrogen) atoms. The number of hydrogen-bond donors (Lipinski definition) is 2. The summed E-state index contributed by atoms with van der Waals surface area (Å²) in [5, 5.41) is 10.4. The predicted octanol–water partition coefficient (Wildman–Crippen LogP) is 4.72. The molecule has 0 fully saturated rings. The zero-order valence-electron chi connectivity index (χ0n) is 16.4. The zero-order valence-corrected chi connectivity index (χ0v) is 17.2. The van der Waals surface area contributed by atoms with Gasteiger partial charge >= 0.3 is 0 Å². The van der Waals surface area contributed by atoms with E-state index in [0.717, 1.165) is 22.6 Å². The van der Waals surface area contributed by atoms with Crippen LogP contribution in [0.4, 0.5) is 5.69 Å². The lowest BCUT2D eigenvalue weighted by Crippen LogP contribution is -2.23. The van der Waals surface area contributed by atoms with Gasteiger partial charge in [-0.3, -0.25) is 9.89 Å². The highest BCUT2D eigenvalue weighted by atomic mass is 32.2. The first-order valence-corrected chi connectivity index (χ1v) is 9.99. The third kappa shape index (κ3) is 4.72. The fourth-order valence-corrected chi connectivity index (χ4v) is 3.46. The SMILES string of the molecule is COc1ccc(-c2nc(S[C@@H](C)C(=O)Nc3ccccc3C(C)C)n[nH]2)cc1. The topological polar surface area (TPSA) is 79.9 Å². The van der Waals surface area contributed by atoms with Gasteiger partial charge in [-0.15, -0.1) is 5.10 Å². The number of amides is 1. The predicted molar refractivity (Wildman–Crippen MR) is 113 cm³/mol. The number of carbonyl (C=O) groups is 1. The van der Waals surface area contributed by atoms with E-state index in [1.54, 1.807) is 7.11 Å². The van der Waals surface area contributed by atoms with Crippen molar-refractivity contribution < 1.29 is 9.53 Å². The minimum Gasteiger partial charge on any atom is -0.497 e. The van der Waals surface area contributed by atoms with Crippen LogP contribution in [0.15, 0.2) is 53.7 Å². The maximum Gasteiger partial charge on any atom is 0.237 e. The van der Waals surface area contributed by atoms with Crippen LogP contribution in [0.1, 0.15) is 32.3 Å². The second kappa shape index (κ2) is 8.93. The Bertz CT molecular complexity index is 938. The number of carbonyl (C=O) groups excluding carboxylic acids is 1. The molecule has 0 saturated heterocycles. The van der Waals surface area contributed by atoms with Crippen LogP contribution < -0.4 is 10.1 Å². The Morgan fingerprint density at radius 2 is 1.82 bits per heavy atom. The van der Waals surface area contributed by atoms with E-state index in [1.165, 1.54) is 11.8 Å². The molecule has 2 N–H and O–H groups in total. The Labute approximate surface area is 169 Å². The van der Waals surface area contributed by atoms with E-state index in [1.807, 2.05) is 55.5 Å². The maximum absolute atomic E-state index is 12.6. The summed E-state index contributed by atoms with van der Waals surface area (Å²) < 4.78 is 5.17. The van der Waals surface area contributed by atoms with Crippen molar-refractivity contribution in [3.63, 3.8) is 0 Å². The Balaban J connectivity index is 1.65. The van der Waals surface area contributed by atoms with E-state index < -0.39 is 0 Å². The summed E-state index contributed by atoms with van der Waals surface area (Å²) >= 11 is 1.32. The second-order valence-corrected chi connectivity index (χ2v) is 7.99. The summed E-state index contributed by atoms with van der Waals surface area (Å²) in [6, 6.07) is 15.4. The summed E-state index contributed by atoms with van der Waals surface area (Å²) in [5.74, 6) is 1.70. The minimum absolute atomic E-state index is 0.0751. The van der Waals surface area contributed by atoms with Crippen LogP contribution in [0.2, 0.25) is 0 Å². The number of para-hydroxylation sites is 1. The molecule has 0 spiro atoms. The standard InChI is InChI=1S/C21H24N4O2S/c1-13(2)17-7-5-6-8-18(17)22-20(26)14(3)28-21-23-19(24-25-21)15-9-11-16(27-4)12-10-15/h5-14H,1-4H3,(H,22,26)(H,23,24,25)/t14-/m0/s1. The Kier molecular flexibility index (Phi) is 6.36. The number of nitrogens with zero attached hydrogens (tertiary/aromatic N) is 2. The lowest BCUT2D eigenvalue weighted by atomic mass is 10.0. The largest absolute Gasteiger partial charge is 0.497 e. The number of aromatic amines is 1. The van der Waals surface area contributed by atoms with Crippen molar-refractivity contribution in [2.24, 2.45) is 0 Å². The molecule has 0 bridgehead atoms. The van der Waals surface area contributed by atoms with Gasteiger partial charge in [0.1, 0.15) is 5.75 Å². The summed E-state index contributed by atoms with van der Waals surface area (Å²) in [4.78, 5) is 17.1. The van der Waals surface area contributed by atoms with Crippen LogP contribution in [0, 0.1) is 0 Å². The molecule has 7 heteroatoms. The Morgan fingerprint density at radius 3 is 2.50 bits per heavy atom. The highest BCUT2D eigenvalue weighted by Gasteiger charge is 2.19. The average molecular weight is 397 g/mol. The van der Waals surface area contributed by atoms with E-state index in [9.17, 15) is 4.79 Å². The first-order chi connectivity index (χ1) is 13.5. The Morgan fingerprint density at radius 1 is 1.11 bits per heavy atom. The molecule has 2 aromatic carbocycles. The molecule has 3 aromatic rings. The molecule has 0 radical (unpaired) electrons. The van der Waals surface area contributed by atoms with Crippen molar-refractivity contribution in [1.82, 2.24) is 15.2 Å². The van der Waals surface area contributed by atoms with Crippen molar-refractivity contribution in [3.05, 3.63) is 54.1 Å². The number of nitrogens with one attached hydrogen (secondary N) is 2. The summed E-state index contributed by atoms with van der Waals surface area (Å²) in [6.45, 7) is 6.07. The normalized spacial score (nSPS) is 12.0. The highest BCUT2D eigenvalue weighted by Crippen LogP contribution is 2.27. The molecule has 1 atom stereocenters. The maximum atomic E-state index is 12.6. The smallest absolute Gasteiger partial charge is 0.237 e. The molecule has 6 nitrogen and oxygen atoms in total. The zero-order chi connectivity index (χ0) is 20.1. The summed E-state index contributed by atoms with van der Waals surface area (Å²) in [7, 11) is 1.63. The highest BCUT2D eigenvalue weighted by molar-refractivity contribution is 8.00. The van der Waals surface area contributed by atoms with Crippen molar-refractivity contribution in [2.45, 2.75) is 37.1 Å². The molecule has 3 rings (SSSR count). The quantitative estimate of drug-likeness (QED) is 0.565. The fraction of sp³-hybridized carbons (Fsp3) is 0.286. The molecule has 146 valence electrons. The van der Waals surface area contributed by atoms with E-state index in [4.69, 9.17) is 4.74 Å². The molecule has 0 aliphatic heterocycles. The molecule has 0 unspecified atom stereocenters.